The molecule has 7 nitrogen and oxygen atoms in total. The van der Waals surface area contributed by atoms with E-state index in [1.54, 1.807) is 37.4 Å². The highest BCUT2D eigenvalue weighted by molar-refractivity contribution is 5.80. The summed E-state index contributed by atoms with van der Waals surface area (Å²) in [4.78, 5) is 25.4. The first-order chi connectivity index (χ1) is 15.0. The summed E-state index contributed by atoms with van der Waals surface area (Å²) in [5.41, 5.74) is 1.07. The van der Waals surface area contributed by atoms with Crippen LogP contribution in [0.2, 0.25) is 0 Å². The number of amides is 1. The van der Waals surface area contributed by atoms with Crippen molar-refractivity contribution in [2.24, 2.45) is 0 Å². The molecule has 0 unspecified atom stereocenters. The van der Waals surface area contributed by atoms with Gasteiger partial charge in [0.1, 0.15) is 29.6 Å². The predicted molar refractivity (Wildman–Crippen MR) is 114 cm³/mol. The van der Waals surface area contributed by atoms with Crippen molar-refractivity contribution in [3.63, 3.8) is 0 Å². The van der Waals surface area contributed by atoms with Gasteiger partial charge in [-0.25, -0.2) is 4.79 Å². The van der Waals surface area contributed by atoms with E-state index in [2.05, 4.69) is 0 Å². The lowest BCUT2D eigenvalue weighted by Crippen LogP contribution is -2.31. The lowest BCUT2D eigenvalue weighted by atomic mass is 10.2. The first kappa shape index (κ1) is 22.0. The Labute approximate surface area is 181 Å². The van der Waals surface area contributed by atoms with Crippen LogP contribution in [0, 0.1) is 6.92 Å². The molecule has 2 aromatic carbocycles. The molecule has 0 saturated carbocycles. The van der Waals surface area contributed by atoms with E-state index in [-0.39, 0.29) is 19.1 Å². The molecule has 1 aromatic heterocycles. The lowest BCUT2D eigenvalue weighted by molar-refractivity contribution is -0.153. The van der Waals surface area contributed by atoms with Crippen LogP contribution in [0.3, 0.4) is 0 Å². The van der Waals surface area contributed by atoms with Gasteiger partial charge < -0.3 is 23.5 Å². The summed E-state index contributed by atoms with van der Waals surface area (Å²) in [5.74, 6) is 1.68. The molecule has 0 aliphatic heterocycles. The van der Waals surface area contributed by atoms with Gasteiger partial charge in [-0.05, 0) is 48.9 Å². The minimum absolute atomic E-state index is 0.293. The van der Waals surface area contributed by atoms with Gasteiger partial charge in [0.05, 0.1) is 6.54 Å². The first-order valence-corrected chi connectivity index (χ1v) is 9.84. The molecule has 1 amide bonds. The zero-order valence-corrected chi connectivity index (χ0v) is 17.6. The molecule has 162 valence electrons. The largest absolute Gasteiger partial charge is 0.489 e. The number of nitrogens with zero attached hydrogens (tertiary/aromatic N) is 1. The van der Waals surface area contributed by atoms with Gasteiger partial charge in [0.15, 0.2) is 13.2 Å². The van der Waals surface area contributed by atoms with Gasteiger partial charge in [0.2, 0.25) is 0 Å². The molecule has 7 heteroatoms. The second-order valence-corrected chi connectivity index (χ2v) is 6.96. The SMILES string of the molecule is Cc1ccc(CN(C)C(=O)COC(=O)COc2ccc(OCc3ccccc3)cc2)o1. The minimum atomic E-state index is -0.625. The summed E-state index contributed by atoms with van der Waals surface area (Å²) in [6.45, 7) is 1.95. The summed E-state index contributed by atoms with van der Waals surface area (Å²) in [6, 6.07) is 20.4. The van der Waals surface area contributed by atoms with Gasteiger partial charge in [-0.3, -0.25) is 4.79 Å². The molecule has 0 N–H and O–H groups in total. The van der Waals surface area contributed by atoms with Crippen molar-refractivity contribution >= 4 is 11.9 Å². The Morgan fingerprint density at radius 2 is 1.55 bits per heavy atom. The van der Waals surface area contributed by atoms with Crippen LogP contribution in [0.1, 0.15) is 17.1 Å². The van der Waals surface area contributed by atoms with E-state index in [4.69, 9.17) is 18.6 Å². The van der Waals surface area contributed by atoms with Gasteiger partial charge in [-0.1, -0.05) is 30.3 Å². The topological polar surface area (TPSA) is 78.2 Å². The highest BCUT2D eigenvalue weighted by Crippen LogP contribution is 2.18. The Hall–Kier alpha value is -3.74. The molecule has 0 saturated heterocycles. The Morgan fingerprint density at radius 3 is 2.19 bits per heavy atom. The number of carbonyl (C=O) groups is 2. The normalized spacial score (nSPS) is 10.4. The second kappa shape index (κ2) is 10.9. The van der Waals surface area contributed by atoms with Crippen molar-refractivity contribution in [3.05, 3.63) is 83.8 Å². The third kappa shape index (κ3) is 7.22. The van der Waals surface area contributed by atoms with Crippen molar-refractivity contribution in [1.82, 2.24) is 4.90 Å². The molecular formula is C24H25NO6. The average molecular weight is 423 g/mol. The van der Waals surface area contributed by atoms with Crippen molar-refractivity contribution in [2.45, 2.75) is 20.1 Å². The van der Waals surface area contributed by atoms with Gasteiger partial charge in [0, 0.05) is 7.05 Å². The Balaban J connectivity index is 1.35. The van der Waals surface area contributed by atoms with E-state index >= 15 is 0 Å². The van der Waals surface area contributed by atoms with Crippen molar-refractivity contribution in [3.8, 4) is 11.5 Å². The van der Waals surface area contributed by atoms with Crippen molar-refractivity contribution in [1.29, 1.82) is 0 Å². The first-order valence-electron chi connectivity index (χ1n) is 9.84. The van der Waals surface area contributed by atoms with E-state index in [0.29, 0.717) is 30.4 Å². The van der Waals surface area contributed by atoms with Crippen LogP contribution in [0.15, 0.2) is 71.1 Å². The number of carbonyl (C=O) groups excluding carboxylic acids is 2. The molecule has 0 bridgehead atoms. The second-order valence-electron chi connectivity index (χ2n) is 6.96. The number of likely N-dealkylation sites (N-methyl/N-ethyl adjacent to an activating group) is 1. The lowest BCUT2D eigenvalue weighted by Gasteiger charge is -2.15. The third-order valence-corrected chi connectivity index (χ3v) is 4.40. The monoisotopic (exact) mass is 423 g/mol. The quantitative estimate of drug-likeness (QED) is 0.462. The van der Waals surface area contributed by atoms with Crippen LogP contribution in [-0.2, 0) is 27.5 Å². The molecule has 0 aliphatic rings. The molecule has 0 spiro atoms. The van der Waals surface area contributed by atoms with Gasteiger partial charge in [-0.2, -0.15) is 0 Å². The molecule has 0 atom stereocenters. The maximum Gasteiger partial charge on any atom is 0.344 e. The average Bonchev–Trinajstić information content (AvgIpc) is 3.20. The van der Waals surface area contributed by atoms with E-state index in [0.717, 1.165) is 11.3 Å². The fourth-order valence-electron chi connectivity index (χ4n) is 2.70. The number of aryl methyl sites for hydroxylation is 1. The fraction of sp³-hybridized carbons (Fsp3) is 0.250. The summed E-state index contributed by atoms with van der Waals surface area (Å²) in [5, 5.41) is 0. The molecule has 1 heterocycles. The van der Waals surface area contributed by atoms with Crippen LogP contribution in [0.4, 0.5) is 0 Å². The van der Waals surface area contributed by atoms with Crippen LogP contribution in [-0.4, -0.2) is 37.0 Å². The fourth-order valence-corrected chi connectivity index (χ4v) is 2.70. The number of furan rings is 1. The molecule has 0 fully saturated rings. The zero-order valence-electron chi connectivity index (χ0n) is 17.6. The molecular weight excluding hydrogens is 398 g/mol. The van der Waals surface area contributed by atoms with Crippen LogP contribution >= 0.6 is 0 Å². The summed E-state index contributed by atoms with van der Waals surface area (Å²) in [6.07, 6.45) is 0. The Kier molecular flexibility index (Phi) is 7.70. The molecule has 0 aliphatic carbocycles. The third-order valence-electron chi connectivity index (χ3n) is 4.40. The van der Waals surface area contributed by atoms with Gasteiger partial charge in [0.25, 0.3) is 5.91 Å². The summed E-state index contributed by atoms with van der Waals surface area (Å²) >= 11 is 0. The maximum absolute atomic E-state index is 12.1. The molecule has 31 heavy (non-hydrogen) atoms. The van der Waals surface area contributed by atoms with Crippen LogP contribution < -0.4 is 9.47 Å². The highest BCUT2D eigenvalue weighted by Gasteiger charge is 2.14. The van der Waals surface area contributed by atoms with Crippen molar-refractivity contribution < 1.29 is 28.2 Å². The highest BCUT2D eigenvalue weighted by atomic mass is 16.6. The maximum atomic E-state index is 12.1. The van der Waals surface area contributed by atoms with E-state index < -0.39 is 5.97 Å². The van der Waals surface area contributed by atoms with E-state index in [1.165, 1.54) is 4.90 Å². The van der Waals surface area contributed by atoms with Crippen molar-refractivity contribution in [2.75, 3.05) is 20.3 Å². The standard InChI is InChI=1S/C24H25NO6/c1-18-8-9-22(31-18)14-25(2)23(26)16-30-24(27)17-29-21-12-10-20(11-13-21)28-15-19-6-4-3-5-7-19/h3-13H,14-17H2,1-2H3. The predicted octanol–water partition coefficient (Wildman–Crippen LogP) is 3.75. The Morgan fingerprint density at radius 1 is 0.871 bits per heavy atom. The number of benzene rings is 2. The van der Waals surface area contributed by atoms with Crippen LogP contribution in [0.25, 0.3) is 0 Å². The Bertz CT molecular complexity index is 981. The smallest absolute Gasteiger partial charge is 0.344 e. The summed E-state index contributed by atoms with van der Waals surface area (Å²) < 4.78 is 21.5. The van der Waals surface area contributed by atoms with E-state index in [9.17, 15) is 9.59 Å². The number of ether oxygens (including phenoxy) is 3. The van der Waals surface area contributed by atoms with Gasteiger partial charge >= 0.3 is 5.97 Å². The molecule has 3 aromatic rings. The molecule has 0 radical (unpaired) electrons. The van der Waals surface area contributed by atoms with Crippen LogP contribution in [0.5, 0.6) is 11.5 Å². The minimum Gasteiger partial charge on any atom is -0.489 e. The van der Waals surface area contributed by atoms with Gasteiger partial charge in [-0.15, -0.1) is 0 Å². The number of hydrogen-bond acceptors (Lipinski definition) is 6. The van der Waals surface area contributed by atoms with E-state index in [1.807, 2.05) is 43.3 Å². The number of esters is 1. The number of rotatable bonds is 10. The zero-order chi connectivity index (χ0) is 22.1. The number of hydrogen-bond donors (Lipinski definition) is 0. The summed E-state index contributed by atoms with van der Waals surface area (Å²) in [7, 11) is 1.62. The molecule has 3 rings (SSSR count).